The molecule has 0 spiro atoms. The highest BCUT2D eigenvalue weighted by Gasteiger charge is 2.22. The minimum absolute atomic E-state index is 0.311. The normalized spacial score (nSPS) is 14.4. The number of pyridine rings is 1. The zero-order valence-corrected chi connectivity index (χ0v) is 17.6. The molecule has 2 heterocycles. The van der Waals surface area contributed by atoms with E-state index < -0.39 is 0 Å². The van der Waals surface area contributed by atoms with Crippen LogP contribution in [0.5, 0.6) is 0 Å². The maximum atomic E-state index is 11.5. The number of fused-ring (bicyclic) bond motifs is 1. The number of hydrogen-bond acceptors (Lipinski definition) is 5. The number of nitrogens with one attached hydrogen (secondary N) is 2. The second-order valence-electron chi connectivity index (χ2n) is 7.28. The topological polar surface area (TPSA) is 66.5 Å². The number of benzene rings is 2. The summed E-state index contributed by atoms with van der Waals surface area (Å²) in [5.74, 6) is 0.702. The summed E-state index contributed by atoms with van der Waals surface area (Å²) >= 11 is 5.47. The van der Waals surface area contributed by atoms with Gasteiger partial charge in [0.1, 0.15) is 5.82 Å². The maximum Gasteiger partial charge on any atom is 0.337 e. The summed E-state index contributed by atoms with van der Waals surface area (Å²) in [5.41, 5.74) is 1.34. The Morgan fingerprint density at radius 2 is 1.83 bits per heavy atom. The van der Waals surface area contributed by atoms with Gasteiger partial charge in [-0.25, -0.2) is 9.78 Å². The Bertz CT molecular complexity index is 1040. The van der Waals surface area contributed by atoms with E-state index in [1.54, 1.807) is 12.1 Å². The summed E-state index contributed by atoms with van der Waals surface area (Å²) in [6.45, 7) is 1.85. The first kappa shape index (κ1) is 20.1. The van der Waals surface area contributed by atoms with Gasteiger partial charge in [-0.15, -0.1) is 0 Å². The third-order valence-electron chi connectivity index (χ3n) is 5.35. The van der Waals surface area contributed by atoms with Gasteiger partial charge >= 0.3 is 5.97 Å². The molecule has 0 amide bonds. The van der Waals surface area contributed by atoms with E-state index in [0.717, 1.165) is 37.4 Å². The maximum absolute atomic E-state index is 11.5. The van der Waals surface area contributed by atoms with Crippen LogP contribution in [0.4, 0.5) is 11.5 Å². The van der Waals surface area contributed by atoms with Crippen molar-refractivity contribution in [3.05, 3.63) is 66.4 Å². The predicted molar refractivity (Wildman–Crippen MR) is 124 cm³/mol. The number of carbonyl (C=O) groups excluding carboxylic acids is 1. The van der Waals surface area contributed by atoms with Crippen molar-refractivity contribution in [2.75, 3.05) is 30.4 Å². The van der Waals surface area contributed by atoms with Gasteiger partial charge in [-0.05, 0) is 60.8 Å². The van der Waals surface area contributed by atoms with Gasteiger partial charge < -0.3 is 20.3 Å². The molecule has 0 atom stereocenters. The predicted octanol–water partition coefficient (Wildman–Crippen LogP) is 3.98. The van der Waals surface area contributed by atoms with Gasteiger partial charge in [-0.2, -0.15) is 0 Å². The number of ether oxygens (including phenoxy) is 1. The summed E-state index contributed by atoms with van der Waals surface area (Å²) in [6, 6.07) is 17.8. The zero-order chi connectivity index (χ0) is 20.9. The molecule has 7 heteroatoms. The number of nitrogens with zero attached hydrogens (tertiary/aromatic N) is 2. The van der Waals surface area contributed by atoms with E-state index in [1.807, 2.05) is 18.3 Å². The summed E-state index contributed by atoms with van der Waals surface area (Å²) in [5, 5.41) is 9.58. The minimum atomic E-state index is -0.352. The molecule has 1 aliphatic heterocycles. The number of piperidine rings is 1. The number of aromatic nitrogens is 1. The average molecular weight is 421 g/mol. The monoisotopic (exact) mass is 420 g/mol. The molecule has 30 heavy (non-hydrogen) atoms. The van der Waals surface area contributed by atoms with Crippen LogP contribution in [-0.4, -0.2) is 42.3 Å². The Balaban J connectivity index is 1.31. The summed E-state index contributed by atoms with van der Waals surface area (Å²) in [6.07, 6.45) is 3.84. The number of hydrogen-bond donors (Lipinski definition) is 2. The fourth-order valence-electron chi connectivity index (χ4n) is 3.75. The number of esters is 1. The molecule has 154 valence electrons. The molecular formula is C23H24N4O2S. The number of rotatable bonds is 4. The van der Waals surface area contributed by atoms with Crippen molar-refractivity contribution in [2.45, 2.75) is 18.9 Å². The second-order valence-corrected chi connectivity index (χ2v) is 7.69. The van der Waals surface area contributed by atoms with Gasteiger partial charge in [-0.1, -0.05) is 24.3 Å². The first-order valence-electron chi connectivity index (χ1n) is 9.98. The first-order valence-corrected chi connectivity index (χ1v) is 10.4. The summed E-state index contributed by atoms with van der Waals surface area (Å²) in [4.78, 5) is 18.5. The van der Waals surface area contributed by atoms with Crippen LogP contribution >= 0.6 is 12.2 Å². The summed E-state index contributed by atoms with van der Waals surface area (Å²) in [7, 11) is 1.37. The lowest BCUT2D eigenvalue weighted by Crippen LogP contribution is -2.46. The molecule has 0 unspecified atom stereocenters. The van der Waals surface area contributed by atoms with Gasteiger partial charge in [-0.3, -0.25) is 0 Å². The highest BCUT2D eigenvalue weighted by atomic mass is 32.1. The number of thiocarbonyl (C=S) groups is 1. The van der Waals surface area contributed by atoms with Crippen LogP contribution in [-0.2, 0) is 4.74 Å². The Labute approximate surface area is 181 Å². The lowest BCUT2D eigenvalue weighted by atomic mass is 10.0. The van der Waals surface area contributed by atoms with Crippen LogP contribution in [0, 0.1) is 0 Å². The molecule has 1 fully saturated rings. The minimum Gasteiger partial charge on any atom is -0.465 e. The SMILES string of the molecule is COC(=O)c1ccc(NC(=S)NC2CCN(c3nccc4ccccc34)CC2)cc1. The highest BCUT2D eigenvalue weighted by molar-refractivity contribution is 7.80. The Kier molecular flexibility index (Phi) is 6.09. The van der Waals surface area contributed by atoms with Crippen molar-refractivity contribution in [3.63, 3.8) is 0 Å². The molecule has 0 radical (unpaired) electrons. The molecule has 1 aromatic heterocycles. The van der Waals surface area contributed by atoms with Crippen LogP contribution in [0.2, 0.25) is 0 Å². The van der Waals surface area contributed by atoms with Crippen molar-refractivity contribution < 1.29 is 9.53 Å². The lowest BCUT2D eigenvalue weighted by molar-refractivity contribution is 0.0601. The second kappa shape index (κ2) is 9.09. The van der Waals surface area contributed by atoms with Crippen molar-refractivity contribution in [2.24, 2.45) is 0 Å². The highest BCUT2D eigenvalue weighted by Crippen LogP contribution is 2.26. The fourth-order valence-corrected chi connectivity index (χ4v) is 4.04. The van der Waals surface area contributed by atoms with E-state index in [0.29, 0.717) is 16.7 Å². The van der Waals surface area contributed by atoms with E-state index >= 15 is 0 Å². The molecule has 6 nitrogen and oxygen atoms in total. The van der Waals surface area contributed by atoms with Crippen LogP contribution in [0.25, 0.3) is 10.8 Å². The van der Waals surface area contributed by atoms with E-state index in [2.05, 4.69) is 50.8 Å². The Hall–Kier alpha value is -3.19. The smallest absolute Gasteiger partial charge is 0.337 e. The largest absolute Gasteiger partial charge is 0.465 e. The van der Waals surface area contributed by atoms with E-state index in [9.17, 15) is 4.79 Å². The third-order valence-corrected chi connectivity index (χ3v) is 5.57. The Morgan fingerprint density at radius 3 is 2.57 bits per heavy atom. The molecular weight excluding hydrogens is 396 g/mol. The zero-order valence-electron chi connectivity index (χ0n) is 16.8. The molecule has 0 saturated carbocycles. The van der Waals surface area contributed by atoms with Gasteiger partial charge in [0.25, 0.3) is 0 Å². The van der Waals surface area contributed by atoms with Crippen molar-refractivity contribution in [1.29, 1.82) is 0 Å². The number of anilines is 2. The van der Waals surface area contributed by atoms with Crippen molar-refractivity contribution in [3.8, 4) is 0 Å². The van der Waals surface area contributed by atoms with Crippen molar-refractivity contribution in [1.82, 2.24) is 10.3 Å². The van der Waals surface area contributed by atoms with E-state index in [-0.39, 0.29) is 5.97 Å². The van der Waals surface area contributed by atoms with E-state index in [1.165, 1.54) is 17.9 Å². The quantitative estimate of drug-likeness (QED) is 0.489. The average Bonchev–Trinajstić information content (AvgIpc) is 2.79. The fraction of sp³-hybridized carbons (Fsp3) is 0.261. The molecule has 0 aliphatic carbocycles. The van der Waals surface area contributed by atoms with Gasteiger partial charge in [0.15, 0.2) is 5.11 Å². The van der Waals surface area contributed by atoms with Crippen LogP contribution in [0.3, 0.4) is 0 Å². The van der Waals surface area contributed by atoms with E-state index in [4.69, 9.17) is 17.0 Å². The number of methoxy groups -OCH3 is 1. The van der Waals surface area contributed by atoms with Gasteiger partial charge in [0, 0.05) is 36.4 Å². The molecule has 0 bridgehead atoms. The van der Waals surface area contributed by atoms with Gasteiger partial charge in [0.2, 0.25) is 0 Å². The van der Waals surface area contributed by atoms with Crippen molar-refractivity contribution >= 4 is 45.6 Å². The molecule has 4 rings (SSSR count). The van der Waals surface area contributed by atoms with Crippen LogP contribution < -0.4 is 15.5 Å². The first-order chi connectivity index (χ1) is 14.6. The molecule has 2 N–H and O–H groups in total. The molecule has 1 saturated heterocycles. The third kappa shape index (κ3) is 4.52. The number of carbonyl (C=O) groups is 1. The van der Waals surface area contributed by atoms with Crippen LogP contribution in [0.15, 0.2) is 60.8 Å². The standard InChI is InChI=1S/C23H24N4O2S/c1-29-22(28)17-6-8-18(9-7-17)25-23(30)26-19-11-14-27(15-12-19)21-20-5-3-2-4-16(20)10-13-24-21/h2-10,13,19H,11-12,14-15H2,1H3,(H2,25,26,30). The molecule has 3 aromatic rings. The summed E-state index contributed by atoms with van der Waals surface area (Å²) < 4.78 is 4.72. The Morgan fingerprint density at radius 1 is 1.10 bits per heavy atom. The lowest BCUT2D eigenvalue weighted by Gasteiger charge is -2.34. The molecule has 1 aliphatic rings. The van der Waals surface area contributed by atoms with Gasteiger partial charge in [0.05, 0.1) is 12.7 Å². The molecule has 2 aromatic carbocycles. The van der Waals surface area contributed by atoms with Crippen LogP contribution in [0.1, 0.15) is 23.2 Å².